The second-order valence-corrected chi connectivity index (χ2v) is 13.4. The van der Waals surface area contributed by atoms with Crippen LogP contribution >= 0.6 is 0 Å². The maximum absolute atomic E-state index is 16.6. The van der Waals surface area contributed by atoms with Crippen LogP contribution in [0.25, 0.3) is 33.5 Å². The molecule has 0 unspecified atom stereocenters. The third-order valence-corrected chi connectivity index (χ3v) is 9.19. The number of hydrogen-bond acceptors (Lipinski definition) is 10. The van der Waals surface area contributed by atoms with Crippen LogP contribution in [0.3, 0.4) is 0 Å². The number of para-hydroxylation sites is 2. The van der Waals surface area contributed by atoms with Crippen LogP contribution in [0.5, 0.6) is 5.75 Å². The molecule has 0 saturated carbocycles. The first-order valence-electron chi connectivity index (χ1n) is 18.1. The quantitative estimate of drug-likeness (QED) is 0.0435. The number of halogens is 4. The smallest absolute Gasteiger partial charge is 0.329 e. The number of primary amides is 1. The largest absolute Gasteiger partial charge is 0.491 e. The Morgan fingerprint density at radius 1 is 0.842 bits per heavy atom. The molecular weight excluding hydrogens is 748 g/mol. The van der Waals surface area contributed by atoms with Crippen molar-refractivity contribution in [2.24, 2.45) is 10.9 Å². The Labute approximate surface area is 324 Å². The maximum Gasteiger partial charge on any atom is 0.329 e. The molecule has 0 radical (unpaired) electrons. The summed E-state index contributed by atoms with van der Waals surface area (Å²) in [7, 11) is 0. The molecule has 0 aliphatic carbocycles. The van der Waals surface area contributed by atoms with E-state index in [1.54, 1.807) is 53.5 Å². The Balaban J connectivity index is 1.42. The van der Waals surface area contributed by atoms with E-state index in [1.807, 2.05) is 13.8 Å². The van der Waals surface area contributed by atoms with E-state index in [0.29, 0.717) is 35.9 Å². The van der Waals surface area contributed by atoms with Gasteiger partial charge in [0.25, 0.3) is 0 Å². The van der Waals surface area contributed by atoms with Gasteiger partial charge in [-0.05, 0) is 64.1 Å². The zero-order valence-electron chi connectivity index (χ0n) is 31.8. The molecule has 0 spiro atoms. The summed E-state index contributed by atoms with van der Waals surface area (Å²) in [5.74, 6) is -11.0. The highest BCUT2D eigenvalue weighted by atomic mass is 19.3. The Bertz CT molecular complexity index is 2500. The molecular formula is C38H42F4N12O3. The number of hydrogen-bond donors (Lipinski definition) is 3. The first-order valence-corrected chi connectivity index (χ1v) is 18.1. The molecule has 300 valence electrons. The molecule has 4 heterocycles. The lowest BCUT2D eigenvalue weighted by molar-refractivity contribution is -0.220. The standard InChI is InChI=1S/C38H42F4N12O3/c1-7-53-30(16-22(3)49-53)24(5)45-35-47-27-12-9-10-13-29(27)51(35)20-37(39,40)38(41,42)21-52-33-28(18-26(34(43)55)19-32(33)57-15-11-14-44-56)48-36(52)46-25(6)31-17-23(4)50-54(31)8-2/h9-10,12-13,16-19H,5-8,11,14-15,20-21H2,1-4H3,(H2,43,55)(H,45,47)(H,46,48). The van der Waals surface area contributed by atoms with E-state index in [1.165, 1.54) is 18.2 Å². The Morgan fingerprint density at radius 3 is 1.95 bits per heavy atom. The second-order valence-electron chi connectivity index (χ2n) is 13.4. The van der Waals surface area contributed by atoms with E-state index in [9.17, 15) is 9.70 Å². The highest BCUT2D eigenvalue weighted by molar-refractivity contribution is 5.99. The lowest BCUT2D eigenvalue weighted by Gasteiger charge is -2.29. The predicted molar refractivity (Wildman–Crippen MR) is 209 cm³/mol. The Hall–Kier alpha value is -6.53. The third kappa shape index (κ3) is 8.08. The SMILES string of the molecule is C=C(Nc1nc2ccccc2n1CC(F)(F)C(F)(F)Cn1c(NC(=C)c2cc(C)nn2CC)nc2cc(C(N)=O)cc(OCCCN=O)c21)c1cc(C)nn1CC. The number of fused-ring (bicyclic) bond motifs is 2. The fraction of sp³-hybridized carbons (Fsp3) is 0.342. The van der Waals surface area contributed by atoms with Crippen molar-refractivity contribution >= 4 is 51.3 Å². The highest BCUT2D eigenvalue weighted by Gasteiger charge is 2.57. The van der Waals surface area contributed by atoms with Crippen molar-refractivity contribution < 1.29 is 27.1 Å². The van der Waals surface area contributed by atoms with Crippen molar-refractivity contribution in [1.29, 1.82) is 0 Å². The van der Waals surface area contributed by atoms with Crippen LogP contribution in [0.1, 0.15) is 53.4 Å². The number of amides is 1. The molecule has 0 saturated heterocycles. The van der Waals surface area contributed by atoms with Gasteiger partial charge in [0.15, 0.2) is 0 Å². The van der Waals surface area contributed by atoms with Crippen molar-refractivity contribution in [3.05, 3.63) is 94.9 Å². The van der Waals surface area contributed by atoms with Gasteiger partial charge in [-0.15, -0.1) is 0 Å². The number of nitrogens with two attached hydrogens (primary N) is 1. The topological polar surface area (TPSA) is 177 Å². The van der Waals surface area contributed by atoms with E-state index in [-0.39, 0.29) is 76.2 Å². The number of carbonyl (C=O) groups is 1. The third-order valence-electron chi connectivity index (χ3n) is 9.19. The number of imidazole rings is 2. The number of nitroso groups, excluding NO2 is 1. The number of benzene rings is 2. The monoisotopic (exact) mass is 790 g/mol. The minimum Gasteiger partial charge on any atom is -0.491 e. The molecule has 0 aliphatic rings. The van der Waals surface area contributed by atoms with E-state index < -0.39 is 30.8 Å². The summed E-state index contributed by atoms with van der Waals surface area (Å²) in [6.45, 7) is 13.0. The molecule has 0 atom stereocenters. The average molecular weight is 791 g/mol. The van der Waals surface area contributed by atoms with E-state index in [0.717, 1.165) is 9.13 Å². The van der Waals surface area contributed by atoms with Crippen molar-refractivity contribution in [2.75, 3.05) is 23.8 Å². The zero-order valence-corrected chi connectivity index (χ0v) is 31.8. The molecule has 0 fully saturated rings. The van der Waals surface area contributed by atoms with Crippen LogP contribution in [0.15, 0.2) is 66.9 Å². The molecule has 4 N–H and O–H groups in total. The number of ether oxygens (including phenoxy) is 1. The molecule has 0 aliphatic heterocycles. The number of aromatic nitrogens is 8. The summed E-state index contributed by atoms with van der Waals surface area (Å²) in [5.41, 5.74) is 8.62. The Morgan fingerprint density at radius 2 is 1.39 bits per heavy atom. The van der Waals surface area contributed by atoms with Gasteiger partial charge in [0.1, 0.15) is 11.3 Å². The van der Waals surface area contributed by atoms with Crippen LogP contribution in [0.4, 0.5) is 29.5 Å². The minimum atomic E-state index is -4.77. The van der Waals surface area contributed by atoms with E-state index >= 15 is 17.6 Å². The van der Waals surface area contributed by atoms with Gasteiger partial charge in [-0.1, -0.05) is 30.5 Å². The van der Waals surface area contributed by atoms with Crippen LogP contribution < -0.4 is 21.1 Å². The first kappa shape index (κ1) is 40.1. The average Bonchev–Trinajstić information content (AvgIpc) is 3.92. The van der Waals surface area contributed by atoms with Gasteiger partial charge in [0, 0.05) is 25.1 Å². The van der Waals surface area contributed by atoms with Crippen LogP contribution in [0, 0.1) is 18.8 Å². The maximum atomic E-state index is 16.6. The van der Waals surface area contributed by atoms with Gasteiger partial charge < -0.3 is 30.2 Å². The zero-order chi connectivity index (χ0) is 41.2. The number of rotatable bonds is 19. The van der Waals surface area contributed by atoms with Crippen molar-refractivity contribution in [3.63, 3.8) is 0 Å². The lowest BCUT2D eigenvalue weighted by Crippen LogP contribution is -2.47. The van der Waals surface area contributed by atoms with E-state index in [4.69, 9.17) is 10.5 Å². The number of aryl methyl sites for hydroxylation is 4. The van der Waals surface area contributed by atoms with Crippen LogP contribution in [-0.2, 0) is 26.2 Å². The van der Waals surface area contributed by atoms with Crippen molar-refractivity contribution in [1.82, 2.24) is 38.7 Å². The highest BCUT2D eigenvalue weighted by Crippen LogP contribution is 2.42. The molecule has 1 amide bonds. The number of carbonyl (C=O) groups excluding carboxylic acids is 1. The molecule has 57 heavy (non-hydrogen) atoms. The van der Waals surface area contributed by atoms with Gasteiger partial charge in [0.2, 0.25) is 17.8 Å². The summed E-state index contributed by atoms with van der Waals surface area (Å²) >= 11 is 0. The second kappa shape index (κ2) is 15.9. The van der Waals surface area contributed by atoms with Gasteiger partial charge in [-0.3, -0.25) is 14.2 Å². The van der Waals surface area contributed by atoms with Gasteiger partial charge >= 0.3 is 11.8 Å². The summed E-state index contributed by atoms with van der Waals surface area (Å²) in [4.78, 5) is 31.9. The lowest BCUT2D eigenvalue weighted by atomic mass is 10.1. The molecule has 6 rings (SSSR count). The molecule has 2 aromatic carbocycles. The predicted octanol–water partition coefficient (Wildman–Crippen LogP) is 7.21. The molecule has 0 bridgehead atoms. The number of anilines is 2. The Kier molecular flexibility index (Phi) is 11.2. The summed E-state index contributed by atoms with van der Waals surface area (Å²) < 4.78 is 77.1. The van der Waals surface area contributed by atoms with Crippen molar-refractivity contribution in [3.8, 4) is 5.75 Å². The van der Waals surface area contributed by atoms with E-state index in [2.05, 4.69) is 49.1 Å². The number of nitrogens with one attached hydrogen (secondary N) is 2. The number of alkyl halides is 4. The van der Waals surface area contributed by atoms with Gasteiger partial charge in [0.05, 0.1) is 77.0 Å². The fourth-order valence-corrected chi connectivity index (χ4v) is 6.46. The summed E-state index contributed by atoms with van der Waals surface area (Å²) in [5, 5.41) is 17.4. The molecule has 6 aromatic rings. The first-order chi connectivity index (χ1) is 27.1. The summed E-state index contributed by atoms with van der Waals surface area (Å²) in [6.07, 6.45) is 0.137. The van der Waals surface area contributed by atoms with Crippen LogP contribution in [0.2, 0.25) is 0 Å². The van der Waals surface area contributed by atoms with Gasteiger partial charge in [-0.25, -0.2) is 9.97 Å². The number of nitrogens with zero attached hydrogens (tertiary/aromatic N) is 9. The fourth-order valence-electron chi connectivity index (χ4n) is 6.46. The van der Waals surface area contributed by atoms with Gasteiger partial charge in [-0.2, -0.15) is 32.7 Å². The molecule has 4 aromatic heterocycles. The minimum absolute atomic E-state index is 0.0587. The molecule has 15 nitrogen and oxygen atoms in total. The van der Waals surface area contributed by atoms with Crippen LogP contribution in [-0.4, -0.2) is 69.6 Å². The summed E-state index contributed by atoms with van der Waals surface area (Å²) in [6, 6.07) is 12.2. The normalized spacial score (nSPS) is 12.0. The molecule has 19 heteroatoms. The van der Waals surface area contributed by atoms with Crippen molar-refractivity contribution in [2.45, 2.75) is 72.1 Å².